The zero-order chi connectivity index (χ0) is 15.5. The van der Waals surface area contributed by atoms with Crippen LogP contribution in [0.4, 0.5) is 0 Å². The smallest absolute Gasteiger partial charge is 0.127 e. The summed E-state index contributed by atoms with van der Waals surface area (Å²) < 4.78 is 11.7. The van der Waals surface area contributed by atoms with Gasteiger partial charge < -0.3 is 19.7 Å². The van der Waals surface area contributed by atoms with E-state index in [4.69, 9.17) is 9.47 Å². The van der Waals surface area contributed by atoms with Crippen molar-refractivity contribution in [2.45, 2.75) is 33.7 Å². The SMILES string of the molecule is CCCOc1ccc(CNC)c(OCCN(CC)CC)c1. The van der Waals surface area contributed by atoms with Crippen molar-refractivity contribution in [2.24, 2.45) is 0 Å². The topological polar surface area (TPSA) is 33.7 Å². The molecular formula is C17H30N2O2. The predicted octanol–water partition coefficient (Wildman–Crippen LogP) is 2.92. The van der Waals surface area contributed by atoms with E-state index >= 15 is 0 Å². The monoisotopic (exact) mass is 294 g/mol. The molecule has 1 N–H and O–H groups in total. The highest BCUT2D eigenvalue weighted by molar-refractivity contribution is 5.40. The van der Waals surface area contributed by atoms with E-state index in [9.17, 15) is 0 Å². The Labute approximate surface area is 129 Å². The molecule has 1 aromatic carbocycles. The zero-order valence-corrected chi connectivity index (χ0v) is 13.9. The first kappa shape index (κ1) is 17.8. The molecule has 4 heteroatoms. The van der Waals surface area contributed by atoms with Crippen LogP contribution in [0.15, 0.2) is 18.2 Å². The van der Waals surface area contributed by atoms with E-state index in [1.807, 2.05) is 19.2 Å². The number of hydrogen-bond acceptors (Lipinski definition) is 4. The summed E-state index contributed by atoms with van der Waals surface area (Å²) in [5.41, 5.74) is 1.17. The van der Waals surface area contributed by atoms with Gasteiger partial charge in [-0.3, -0.25) is 0 Å². The summed E-state index contributed by atoms with van der Waals surface area (Å²) in [7, 11) is 1.95. The maximum atomic E-state index is 5.98. The number of rotatable bonds is 11. The second-order valence-corrected chi connectivity index (χ2v) is 5.02. The molecule has 21 heavy (non-hydrogen) atoms. The lowest BCUT2D eigenvalue weighted by Crippen LogP contribution is -2.28. The molecule has 0 atom stereocenters. The third-order valence-electron chi connectivity index (χ3n) is 3.44. The molecule has 0 amide bonds. The second kappa shape index (κ2) is 10.5. The van der Waals surface area contributed by atoms with Gasteiger partial charge in [0.15, 0.2) is 0 Å². The molecule has 120 valence electrons. The van der Waals surface area contributed by atoms with Gasteiger partial charge >= 0.3 is 0 Å². The molecule has 4 nitrogen and oxygen atoms in total. The minimum absolute atomic E-state index is 0.704. The predicted molar refractivity (Wildman–Crippen MR) is 88.3 cm³/mol. The minimum Gasteiger partial charge on any atom is -0.493 e. The molecule has 0 saturated carbocycles. The Morgan fingerprint density at radius 1 is 1.05 bits per heavy atom. The lowest BCUT2D eigenvalue weighted by Gasteiger charge is -2.19. The molecule has 0 radical (unpaired) electrons. The summed E-state index contributed by atoms with van der Waals surface area (Å²) in [6, 6.07) is 6.10. The van der Waals surface area contributed by atoms with Gasteiger partial charge in [-0.2, -0.15) is 0 Å². The van der Waals surface area contributed by atoms with Gasteiger partial charge in [-0.05, 0) is 32.6 Å². The van der Waals surface area contributed by atoms with Crippen molar-refractivity contribution in [1.82, 2.24) is 10.2 Å². The van der Waals surface area contributed by atoms with Crippen molar-refractivity contribution < 1.29 is 9.47 Å². The van der Waals surface area contributed by atoms with Crippen molar-refractivity contribution in [1.29, 1.82) is 0 Å². The summed E-state index contributed by atoms with van der Waals surface area (Å²) in [6.45, 7) is 11.8. The van der Waals surface area contributed by atoms with Gasteiger partial charge in [0.2, 0.25) is 0 Å². The summed E-state index contributed by atoms with van der Waals surface area (Å²) >= 11 is 0. The minimum atomic E-state index is 0.704. The molecular weight excluding hydrogens is 264 g/mol. The lowest BCUT2D eigenvalue weighted by molar-refractivity contribution is 0.220. The second-order valence-electron chi connectivity index (χ2n) is 5.02. The Morgan fingerprint density at radius 2 is 1.81 bits per heavy atom. The van der Waals surface area contributed by atoms with Crippen LogP contribution >= 0.6 is 0 Å². The van der Waals surface area contributed by atoms with Crippen molar-refractivity contribution in [3.8, 4) is 11.5 Å². The molecule has 0 heterocycles. The van der Waals surface area contributed by atoms with Crippen molar-refractivity contribution in [2.75, 3.05) is 39.9 Å². The third kappa shape index (κ3) is 6.36. The quantitative estimate of drug-likeness (QED) is 0.680. The average molecular weight is 294 g/mol. The normalized spacial score (nSPS) is 10.9. The first-order valence-electron chi connectivity index (χ1n) is 8.00. The largest absolute Gasteiger partial charge is 0.493 e. The van der Waals surface area contributed by atoms with E-state index in [1.165, 1.54) is 5.56 Å². The highest BCUT2D eigenvalue weighted by Crippen LogP contribution is 2.25. The number of likely N-dealkylation sites (N-methyl/N-ethyl adjacent to an activating group) is 1. The fourth-order valence-corrected chi connectivity index (χ4v) is 2.14. The average Bonchev–Trinajstić information content (AvgIpc) is 2.51. The molecule has 0 aliphatic carbocycles. The molecule has 0 unspecified atom stereocenters. The maximum absolute atomic E-state index is 5.98. The van der Waals surface area contributed by atoms with Crippen molar-refractivity contribution in [3.05, 3.63) is 23.8 Å². The van der Waals surface area contributed by atoms with Crippen LogP contribution in [-0.2, 0) is 6.54 Å². The van der Waals surface area contributed by atoms with Gasteiger partial charge in [-0.1, -0.05) is 26.8 Å². The number of benzene rings is 1. The molecule has 0 bridgehead atoms. The summed E-state index contributed by atoms with van der Waals surface area (Å²) in [5.74, 6) is 1.81. The van der Waals surface area contributed by atoms with Crippen molar-refractivity contribution in [3.63, 3.8) is 0 Å². The van der Waals surface area contributed by atoms with E-state index < -0.39 is 0 Å². The van der Waals surface area contributed by atoms with Gasteiger partial charge in [0, 0.05) is 24.7 Å². The van der Waals surface area contributed by atoms with E-state index in [0.717, 1.165) is 50.7 Å². The maximum Gasteiger partial charge on any atom is 0.127 e. The van der Waals surface area contributed by atoms with Crippen LogP contribution in [-0.4, -0.2) is 44.8 Å². The fraction of sp³-hybridized carbons (Fsp3) is 0.647. The standard InChI is InChI=1S/C17H30N2O2/c1-5-11-20-16-9-8-15(14-18-4)17(13-16)21-12-10-19(6-2)7-3/h8-9,13,18H,5-7,10-12,14H2,1-4H3. The highest BCUT2D eigenvalue weighted by atomic mass is 16.5. The first-order chi connectivity index (χ1) is 10.2. The van der Waals surface area contributed by atoms with Crippen LogP contribution in [0.5, 0.6) is 11.5 Å². The Balaban J connectivity index is 2.66. The van der Waals surface area contributed by atoms with E-state index in [1.54, 1.807) is 0 Å². The Hall–Kier alpha value is -1.26. The van der Waals surface area contributed by atoms with Crippen LogP contribution in [0.2, 0.25) is 0 Å². The van der Waals surface area contributed by atoms with Crippen LogP contribution in [0.3, 0.4) is 0 Å². The zero-order valence-electron chi connectivity index (χ0n) is 13.9. The summed E-state index contributed by atoms with van der Waals surface area (Å²) in [6.07, 6.45) is 1.01. The molecule has 0 spiro atoms. The summed E-state index contributed by atoms with van der Waals surface area (Å²) in [4.78, 5) is 2.36. The number of hydrogen-bond donors (Lipinski definition) is 1. The molecule has 1 aromatic rings. The Bertz CT molecular complexity index is 392. The number of nitrogens with one attached hydrogen (secondary N) is 1. The van der Waals surface area contributed by atoms with Gasteiger partial charge in [0.1, 0.15) is 18.1 Å². The Kier molecular flexibility index (Phi) is 8.87. The van der Waals surface area contributed by atoms with Gasteiger partial charge in [0.05, 0.1) is 6.61 Å². The number of ether oxygens (including phenoxy) is 2. The summed E-state index contributed by atoms with van der Waals surface area (Å²) in [5, 5.41) is 3.18. The highest BCUT2D eigenvalue weighted by Gasteiger charge is 2.07. The lowest BCUT2D eigenvalue weighted by atomic mass is 10.2. The van der Waals surface area contributed by atoms with Crippen LogP contribution < -0.4 is 14.8 Å². The molecule has 0 aliphatic rings. The molecule has 0 aliphatic heterocycles. The van der Waals surface area contributed by atoms with Crippen LogP contribution in [0.1, 0.15) is 32.8 Å². The molecule has 1 rings (SSSR count). The van der Waals surface area contributed by atoms with E-state index in [0.29, 0.717) is 6.61 Å². The fourth-order valence-electron chi connectivity index (χ4n) is 2.14. The van der Waals surface area contributed by atoms with Gasteiger partial charge in [-0.15, -0.1) is 0 Å². The number of nitrogens with zero attached hydrogens (tertiary/aromatic N) is 1. The third-order valence-corrected chi connectivity index (χ3v) is 3.44. The molecule has 0 fully saturated rings. The van der Waals surface area contributed by atoms with Gasteiger partial charge in [0.25, 0.3) is 0 Å². The van der Waals surface area contributed by atoms with E-state index in [2.05, 4.69) is 37.1 Å². The van der Waals surface area contributed by atoms with Crippen molar-refractivity contribution >= 4 is 0 Å². The van der Waals surface area contributed by atoms with E-state index in [-0.39, 0.29) is 0 Å². The van der Waals surface area contributed by atoms with Crippen LogP contribution in [0, 0.1) is 0 Å². The molecule has 0 saturated heterocycles. The van der Waals surface area contributed by atoms with Gasteiger partial charge in [-0.25, -0.2) is 0 Å². The molecule has 0 aromatic heterocycles. The Morgan fingerprint density at radius 3 is 2.43 bits per heavy atom. The first-order valence-corrected chi connectivity index (χ1v) is 8.00. The van der Waals surface area contributed by atoms with Crippen LogP contribution in [0.25, 0.3) is 0 Å².